The van der Waals surface area contributed by atoms with Gasteiger partial charge in [0.1, 0.15) is 6.54 Å². The lowest BCUT2D eigenvalue weighted by Crippen LogP contribution is -2.07. The lowest BCUT2D eigenvalue weighted by Gasteiger charge is -1.97. The first-order valence-electron chi connectivity index (χ1n) is 4.51. The predicted molar refractivity (Wildman–Crippen MR) is 45.6 cm³/mol. The van der Waals surface area contributed by atoms with E-state index >= 15 is 0 Å². The van der Waals surface area contributed by atoms with Crippen molar-refractivity contribution in [1.82, 2.24) is 9.78 Å². The molecule has 0 aliphatic heterocycles. The molecule has 1 aromatic rings. The molecule has 1 heterocycles. The topological polar surface area (TPSA) is 34.9 Å². The highest BCUT2D eigenvalue weighted by Crippen LogP contribution is 2.40. The fourth-order valence-electron chi connectivity index (χ4n) is 1.45. The van der Waals surface area contributed by atoms with Gasteiger partial charge < -0.3 is 0 Å². The summed E-state index contributed by atoms with van der Waals surface area (Å²) in [6.07, 6.45) is 1.66. The Labute approximate surface area is 79.7 Å². The molecule has 0 N–H and O–H groups in total. The van der Waals surface area contributed by atoms with Crippen molar-refractivity contribution in [2.24, 2.45) is 0 Å². The second kappa shape index (κ2) is 3.48. The van der Waals surface area contributed by atoms with Crippen LogP contribution in [0.5, 0.6) is 0 Å². The first-order chi connectivity index (χ1) is 6.70. The van der Waals surface area contributed by atoms with Crippen LogP contribution in [0.15, 0.2) is 6.20 Å². The Morgan fingerprint density at radius 1 is 1.64 bits per heavy atom. The molecule has 1 saturated carbocycles. The molecular formula is C9H10F2N2O. The molecule has 5 heteroatoms. The molecule has 2 rings (SSSR count). The number of carbonyl (C=O) groups excluding carboxylic acids is 1. The van der Waals surface area contributed by atoms with Crippen molar-refractivity contribution in [3.05, 3.63) is 17.5 Å². The highest BCUT2D eigenvalue weighted by molar-refractivity contribution is 5.76. The Bertz CT molecular complexity index is 345. The van der Waals surface area contributed by atoms with E-state index < -0.39 is 13.0 Å². The van der Waals surface area contributed by atoms with Crippen molar-refractivity contribution in [2.75, 3.05) is 0 Å². The van der Waals surface area contributed by atoms with Crippen LogP contribution in [0.4, 0.5) is 8.78 Å². The van der Waals surface area contributed by atoms with E-state index in [1.165, 1.54) is 6.20 Å². The largest absolute Gasteiger partial charge is 0.298 e. The first kappa shape index (κ1) is 9.30. The van der Waals surface area contributed by atoms with Gasteiger partial charge in [-0.2, -0.15) is 5.10 Å². The molecule has 1 aliphatic rings. The minimum atomic E-state index is -2.43. The lowest BCUT2D eigenvalue weighted by molar-refractivity contribution is 0.111. The van der Waals surface area contributed by atoms with Gasteiger partial charge in [0.15, 0.2) is 6.29 Å². The van der Waals surface area contributed by atoms with Gasteiger partial charge in [-0.05, 0) is 12.8 Å². The van der Waals surface area contributed by atoms with Crippen LogP contribution in [0, 0.1) is 0 Å². The zero-order chi connectivity index (χ0) is 10.1. The van der Waals surface area contributed by atoms with Gasteiger partial charge in [-0.15, -0.1) is 0 Å². The van der Waals surface area contributed by atoms with Crippen LogP contribution in [-0.4, -0.2) is 22.5 Å². The number of nitrogens with zero attached hydrogens (tertiary/aromatic N) is 2. The van der Waals surface area contributed by atoms with E-state index in [2.05, 4.69) is 5.10 Å². The fraction of sp³-hybridized carbons (Fsp3) is 0.556. The van der Waals surface area contributed by atoms with E-state index in [1.807, 2.05) is 0 Å². The van der Waals surface area contributed by atoms with E-state index in [-0.39, 0.29) is 0 Å². The molecule has 1 aliphatic carbocycles. The molecule has 1 fully saturated rings. The van der Waals surface area contributed by atoms with Crippen molar-refractivity contribution in [1.29, 1.82) is 0 Å². The third kappa shape index (κ3) is 1.81. The van der Waals surface area contributed by atoms with Crippen molar-refractivity contribution in [2.45, 2.75) is 31.7 Å². The molecule has 0 aromatic carbocycles. The van der Waals surface area contributed by atoms with Gasteiger partial charge in [-0.3, -0.25) is 9.48 Å². The summed E-state index contributed by atoms with van der Waals surface area (Å²) in [5.74, 6) is 0.314. The van der Waals surface area contributed by atoms with Crippen molar-refractivity contribution >= 4 is 6.29 Å². The molecule has 0 radical (unpaired) electrons. The monoisotopic (exact) mass is 200 g/mol. The van der Waals surface area contributed by atoms with Crippen LogP contribution >= 0.6 is 0 Å². The number of carbonyl (C=O) groups is 1. The summed E-state index contributed by atoms with van der Waals surface area (Å²) in [6.45, 7) is -0.437. The molecular weight excluding hydrogens is 190 g/mol. The summed E-state index contributed by atoms with van der Waals surface area (Å²) in [5, 5.41) is 3.99. The maximum atomic E-state index is 12.0. The second-order valence-electron chi connectivity index (χ2n) is 3.47. The summed E-state index contributed by atoms with van der Waals surface area (Å²) < 4.78 is 25.2. The minimum Gasteiger partial charge on any atom is -0.298 e. The molecule has 0 saturated heterocycles. The quantitative estimate of drug-likeness (QED) is 0.695. The number of hydrogen-bond acceptors (Lipinski definition) is 2. The van der Waals surface area contributed by atoms with E-state index in [9.17, 15) is 13.6 Å². The van der Waals surface area contributed by atoms with Crippen LogP contribution in [0.3, 0.4) is 0 Å². The lowest BCUT2D eigenvalue weighted by atomic mass is 10.2. The van der Waals surface area contributed by atoms with Gasteiger partial charge in [-0.1, -0.05) is 0 Å². The Balaban J connectivity index is 2.21. The number of hydrogen-bond donors (Lipinski definition) is 0. The molecule has 0 unspecified atom stereocenters. The second-order valence-corrected chi connectivity index (χ2v) is 3.47. The van der Waals surface area contributed by atoms with E-state index in [0.717, 1.165) is 17.5 Å². The Morgan fingerprint density at radius 2 is 2.36 bits per heavy atom. The Hall–Kier alpha value is -1.26. The Morgan fingerprint density at radius 3 is 2.86 bits per heavy atom. The van der Waals surface area contributed by atoms with Gasteiger partial charge in [0.25, 0.3) is 6.43 Å². The summed E-state index contributed by atoms with van der Waals surface area (Å²) in [4.78, 5) is 10.6. The molecule has 0 spiro atoms. The molecule has 14 heavy (non-hydrogen) atoms. The number of aldehydes is 1. The summed E-state index contributed by atoms with van der Waals surface area (Å²) in [6, 6.07) is 0. The normalized spacial score (nSPS) is 16.2. The summed E-state index contributed by atoms with van der Waals surface area (Å²) in [5.41, 5.74) is 1.13. The molecule has 0 bridgehead atoms. The van der Waals surface area contributed by atoms with Crippen LogP contribution in [0.25, 0.3) is 0 Å². The SMILES string of the molecule is O=Cc1cn(CC(F)F)nc1C1CC1. The van der Waals surface area contributed by atoms with Crippen LogP contribution in [0.2, 0.25) is 0 Å². The number of halogens is 2. The first-order valence-corrected chi connectivity index (χ1v) is 4.51. The van der Waals surface area contributed by atoms with Gasteiger partial charge in [0, 0.05) is 12.1 Å². The van der Waals surface area contributed by atoms with Crippen LogP contribution in [0.1, 0.15) is 34.8 Å². The van der Waals surface area contributed by atoms with Crippen LogP contribution in [-0.2, 0) is 6.54 Å². The summed E-state index contributed by atoms with van der Waals surface area (Å²) >= 11 is 0. The van der Waals surface area contributed by atoms with E-state index in [1.54, 1.807) is 0 Å². The minimum absolute atomic E-state index is 0.314. The molecule has 3 nitrogen and oxygen atoms in total. The van der Waals surface area contributed by atoms with Crippen molar-refractivity contribution < 1.29 is 13.6 Å². The third-order valence-corrected chi connectivity index (χ3v) is 2.24. The van der Waals surface area contributed by atoms with Gasteiger partial charge >= 0.3 is 0 Å². The Kier molecular flexibility index (Phi) is 2.31. The van der Waals surface area contributed by atoms with Crippen molar-refractivity contribution in [3.63, 3.8) is 0 Å². The molecule has 1 aromatic heterocycles. The molecule has 76 valence electrons. The molecule has 0 amide bonds. The maximum absolute atomic E-state index is 12.0. The average Bonchev–Trinajstić information content (AvgIpc) is 2.88. The third-order valence-electron chi connectivity index (χ3n) is 2.24. The molecule has 0 atom stereocenters. The highest BCUT2D eigenvalue weighted by atomic mass is 19.3. The van der Waals surface area contributed by atoms with Gasteiger partial charge in [-0.25, -0.2) is 8.78 Å². The van der Waals surface area contributed by atoms with Crippen molar-refractivity contribution in [3.8, 4) is 0 Å². The number of aromatic nitrogens is 2. The van der Waals surface area contributed by atoms with Crippen LogP contribution < -0.4 is 0 Å². The van der Waals surface area contributed by atoms with E-state index in [0.29, 0.717) is 23.5 Å². The standard InChI is InChI=1S/C9H10F2N2O/c10-8(11)4-13-3-7(5-14)9(12-13)6-1-2-6/h3,5-6,8H,1-2,4H2. The summed E-state index contributed by atoms with van der Waals surface area (Å²) in [7, 11) is 0. The van der Waals surface area contributed by atoms with E-state index in [4.69, 9.17) is 0 Å². The number of alkyl halides is 2. The zero-order valence-electron chi connectivity index (χ0n) is 7.49. The predicted octanol–water partition coefficient (Wildman–Crippen LogP) is 1.84. The fourth-order valence-corrected chi connectivity index (χ4v) is 1.45. The number of rotatable bonds is 4. The van der Waals surface area contributed by atoms with Gasteiger partial charge in [0.2, 0.25) is 0 Å². The average molecular weight is 200 g/mol. The highest BCUT2D eigenvalue weighted by Gasteiger charge is 2.29. The smallest absolute Gasteiger partial charge is 0.257 e. The van der Waals surface area contributed by atoms with Gasteiger partial charge in [0.05, 0.1) is 11.3 Å². The maximum Gasteiger partial charge on any atom is 0.257 e. The zero-order valence-corrected chi connectivity index (χ0v) is 7.49.